The van der Waals surface area contributed by atoms with Crippen LogP contribution in [0.3, 0.4) is 0 Å². The van der Waals surface area contributed by atoms with Gasteiger partial charge in [-0.05, 0) is 108 Å². The average molecular weight is 624 g/mol. The first-order valence-corrected chi connectivity index (χ1v) is 16.8. The van der Waals surface area contributed by atoms with Gasteiger partial charge in [0.05, 0.1) is 0 Å². The van der Waals surface area contributed by atoms with Crippen molar-refractivity contribution < 1.29 is 0 Å². The summed E-state index contributed by atoms with van der Waals surface area (Å²) >= 11 is 0. The van der Waals surface area contributed by atoms with Gasteiger partial charge in [0.1, 0.15) is 0 Å². The van der Waals surface area contributed by atoms with E-state index in [4.69, 9.17) is 0 Å². The van der Waals surface area contributed by atoms with Gasteiger partial charge in [0.2, 0.25) is 0 Å². The molecule has 49 heavy (non-hydrogen) atoms. The lowest BCUT2D eigenvalue weighted by molar-refractivity contribution is 1.29. The fraction of sp³-hybridized carbons (Fsp3) is 0. The van der Waals surface area contributed by atoms with Crippen molar-refractivity contribution in [3.63, 3.8) is 0 Å². The summed E-state index contributed by atoms with van der Waals surface area (Å²) in [5.74, 6) is 0. The third-order valence-electron chi connectivity index (χ3n) is 9.65. The molecule has 0 aliphatic carbocycles. The Kier molecular flexibility index (Phi) is 7.22. The zero-order chi connectivity index (χ0) is 32.6. The predicted molar refractivity (Wildman–Crippen MR) is 210 cm³/mol. The van der Waals surface area contributed by atoms with Crippen molar-refractivity contribution in [3.05, 3.63) is 200 Å². The molecule has 0 fully saturated rings. The Morgan fingerprint density at radius 2 is 0.755 bits per heavy atom. The summed E-state index contributed by atoms with van der Waals surface area (Å²) in [6, 6.07) is 72.4. The van der Waals surface area contributed by atoms with Gasteiger partial charge in [-0.2, -0.15) is 0 Å². The highest BCUT2D eigenvalue weighted by Gasteiger charge is 2.16. The molecule has 230 valence electrons. The first-order valence-electron chi connectivity index (χ1n) is 16.8. The van der Waals surface area contributed by atoms with Gasteiger partial charge >= 0.3 is 0 Å². The summed E-state index contributed by atoms with van der Waals surface area (Å²) in [7, 11) is 0. The van der Waals surface area contributed by atoms with E-state index in [-0.39, 0.29) is 0 Å². The zero-order valence-corrected chi connectivity index (χ0v) is 27.0. The minimum Gasteiger partial charge on any atom is -0.310 e. The molecule has 0 saturated heterocycles. The molecule has 9 aromatic carbocycles. The van der Waals surface area contributed by atoms with E-state index in [2.05, 4.69) is 205 Å². The van der Waals surface area contributed by atoms with Gasteiger partial charge in [-0.15, -0.1) is 0 Å². The topological polar surface area (TPSA) is 3.24 Å². The number of benzene rings is 9. The van der Waals surface area contributed by atoms with Crippen LogP contribution in [0.4, 0.5) is 17.1 Å². The highest BCUT2D eigenvalue weighted by Crippen LogP contribution is 2.42. The van der Waals surface area contributed by atoms with Gasteiger partial charge in [0, 0.05) is 17.1 Å². The second-order valence-corrected chi connectivity index (χ2v) is 12.6. The van der Waals surface area contributed by atoms with Gasteiger partial charge < -0.3 is 4.90 Å². The maximum Gasteiger partial charge on any atom is 0.0468 e. The number of fused-ring (bicyclic) bond motifs is 4. The lowest BCUT2D eigenvalue weighted by atomic mass is 9.89. The van der Waals surface area contributed by atoms with Gasteiger partial charge in [-0.1, -0.05) is 158 Å². The largest absolute Gasteiger partial charge is 0.310 e. The molecule has 1 heteroatoms. The summed E-state index contributed by atoms with van der Waals surface area (Å²) < 4.78 is 0. The highest BCUT2D eigenvalue weighted by atomic mass is 15.1. The standard InChI is InChI=1S/C48H33N/c1-2-12-34(13-3-1)36-22-27-40(28-23-36)49(42-31-24-35-14-4-5-15-38(35)32-42)41-29-25-37(26-30-41)43-17-8-9-20-46(43)48-33-39-16-6-7-18-44(39)45-19-10-11-21-47(45)48/h1-33H. The number of nitrogens with zero attached hydrogens (tertiary/aromatic N) is 1. The summed E-state index contributed by atoms with van der Waals surface area (Å²) in [5.41, 5.74) is 10.7. The molecule has 0 aliphatic rings. The van der Waals surface area contributed by atoms with E-state index in [1.807, 2.05) is 0 Å². The van der Waals surface area contributed by atoms with E-state index < -0.39 is 0 Å². The first-order chi connectivity index (χ1) is 24.3. The summed E-state index contributed by atoms with van der Waals surface area (Å²) in [6.45, 7) is 0. The molecule has 0 atom stereocenters. The normalized spacial score (nSPS) is 11.3. The summed E-state index contributed by atoms with van der Waals surface area (Å²) in [4.78, 5) is 2.35. The number of hydrogen-bond donors (Lipinski definition) is 0. The van der Waals surface area contributed by atoms with Crippen LogP contribution >= 0.6 is 0 Å². The Morgan fingerprint density at radius 1 is 0.245 bits per heavy atom. The maximum atomic E-state index is 2.35. The lowest BCUT2D eigenvalue weighted by Crippen LogP contribution is -2.09. The Labute approximate surface area is 287 Å². The predicted octanol–water partition coefficient (Wildman–Crippen LogP) is 13.6. The Bertz CT molecular complexity index is 2580. The maximum absolute atomic E-state index is 2.35. The van der Waals surface area contributed by atoms with Crippen molar-refractivity contribution in [1.29, 1.82) is 0 Å². The molecule has 0 bridgehead atoms. The molecule has 0 heterocycles. The Hall–Kier alpha value is -6.44. The van der Waals surface area contributed by atoms with E-state index in [0.717, 1.165) is 17.1 Å². The summed E-state index contributed by atoms with van der Waals surface area (Å²) in [6.07, 6.45) is 0. The van der Waals surface area contributed by atoms with E-state index in [1.54, 1.807) is 0 Å². The summed E-state index contributed by atoms with van der Waals surface area (Å²) in [5, 5.41) is 7.55. The Morgan fingerprint density at radius 3 is 1.49 bits per heavy atom. The van der Waals surface area contributed by atoms with Crippen molar-refractivity contribution >= 4 is 49.4 Å². The molecule has 0 saturated carbocycles. The molecule has 0 unspecified atom stereocenters. The van der Waals surface area contributed by atoms with Crippen LogP contribution in [0.15, 0.2) is 200 Å². The van der Waals surface area contributed by atoms with E-state index in [1.165, 1.54) is 65.7 Å². The zero-order valence-electron chi connectivity index (χ0n) is 27.0. The molecule has 0 aliphatic heterocycles. The van der Waals surface area contributed by atoms with Gasteiger partial charge in [0.15, 0.2) is 0 Å². The second-order valence-electron chi connectivity index (χ2n) is 12.6. The number of anilines is 3. The average Bonchev–Trinajstić information content (AvgIpc) is 3.18. The minimum absolute atomic E-state index is 1.11. The van der Waals surface area contributed by atoms with E-state index >= 15 is 0 Å². The van der Waals surface area contributed by atoms with Crippen LogP contribution in [-0.2, 0) is 0 Å². The van der Waals surface area contributed by atoms with Crippen molar-refractivity contribution in [2.45, 2.75) is 0 Å². The van der Waals surface area contributed by atoms with Gasteiger partial charge in [-0.25, -0.2) is 0 Å². The van der Waals surface area contributed by atoms with Gasteiger partial charge in [-0.3, -0.25) is 0 Å². The fourth-order valence-corrected chi connectivity index (χ4v) is 7.23. The SMILES string of the molecule is c1ccc(-c2ccc(N(c3ccc(-c4ccccc4-c4cc5ccccc5c5ccccc45)cc3)c3ccc4ccccc4c3)cc2)cc1. The van der Waals surface area contributed by atoms with Crippen LogP contribution in [0.5, 0.6) is 0 Å². The Balaban J connectivity index is 1.15. The molecular formula is C48H33N. The molecule has 0 aromatic heterocycles. The fourth-order valence-electron chi connectivity index (χ4n) is 7.23. The highest BCUT2D eigenvalue weighted by molar-refractivity contribution is 6.14. The van der Waals surface area contributed by atoms with Crippen molar-refractivity contribution in [2.24, 2.45) is 0 Å². The number of rotatable bonds is 6. The van der Waals surface area contributed by atoms with E-state index in [9.17, 15) is 0 Å². The smallest absolute Gasteiger partial charge is 0.0468 e. The van der Waals surface area contributed by atoms with Gasteiger partial charge in [0.25, 0.3) is 0 Å². The van der Waals surface area contributed by atoms with E-state index in [0.29, 0.717) is 0 Å². The van der Waals surface area contributed by atoms with Crippen LogP contribution in [-0.4, -0.2) is 0 Å². The van der Waals surface area contributed by atoms with Crippen LogP contribution in [0.25, 0.3) is 65.7 Å². The first kappa shape index (κ1) is 28.8. The molecule has 0 spiro atoms. The quantitative estimate of drug-likeness (QED) is 0.167. The molecule has 1 nitrogen and oxygen atoms in total. The molecule has 9 rings (SSSR count). The van der Waals surface area contributed by atoms with Crippen molar-refractivity contribution in [1.82, 2.24) is 0 Å². The van der Waals surface area contributed by atoms with Crippen molar-refractivity contribution in [3.8, 4) is 33.4 Å². The monoisotopic (exact) mass is 623 g/mol. The molecule has 0 amide bonds. The second kappa shape index (κ2) is 12.3. The van der Waals surface area contributed by atoms with Crippen LogP contribution in [0.1, 0.15) is 0 Å². The molecule has 0 radical (unpaired) electrons. The van der Waals surface area contributed by atoms with Crippen LogP contribution in [0.2, 0.25) is 0 Å². The minimum atomic E-state index is 1.11. The molecule has 9 aromatic rings. The third kappa shape index (κ3) is 5.32. The molecule has 0 N–H and O–H groups in total. The number of hydrogen-bond acceptors (Lipinski definition) is 1. The van der Waals surface area contributed by atoms with Crippen molar-refractivity contribution in [2.75, 3.05) is 4.90 Å². The van der Waals surface area contributed by atoms with Crippen LogP contribution < -0.4 is 4.90 Å². The van der Waals surface area contributed by atoms with Crippen LogP contribution in [0, 0.1) is 0 Å². The third-order valence-corrected chi connectivity index (χ3v) is 9.65. The molecular weight excluding hydrogens is 591 g/mol. The lowest BCUT2D eigenvalue weighted by Gasteiger charge is -2.26.